The minimum atomic E-state index is 0.148. The van der Waals surface area contributed by atoms with E-state index in [2.05, 4.69) is 44.8 Å². The fourth-order valence-corrected chi connectivity index (χ4v) is 5.97. The third-order valence-corrected chi connectivity index (χ3v) is 7.81. The van der Waals surface area contributed by atoms with Crippen LogP contribution in [-0.2, 0) is 12.2 Å². The Morgan fingerprint density at radius 1 is 1.19 bits per heavy atom. The Balaban J connectivity index is 1.21. The zero-order chi connectivity index (χ0) is 21.0. The van der Waals surface area contributed by atoms with E-state index in [9.17, 15) is 4.79 Å². The van der Waals surface area contributed by atoms with Crippen LogP contribution >= 0.6 is 23.1 Å². The first-order valence-electron chi connectivity index (χ1n) is 10.6. The monoisotopic (exact) mass is 448 g/mol. The molecule has 2 aromatic carbocycles. The first-order chi connectivity index (χ1) is 15.3. The van der Waals surface area contributed by atoms with Gasteiger partial charge in [-0.25, -0.2) is 4.98 Å². The van der Waals surface area contributed by atoms with Crippen molar-refractivity contribution < 1.29 is 4.79 Å². The average Bonchev–Trinajstić information content (AvgIpc) is 3.48. The second-order valence-corrected chi connectivity index (χ2v) is 9.87. The Bertz CT molecular complexity index is 1150. The molecule has 0 unspecified atom stereocenters. The van der Waals surface area contributed by atoms with E-state index < -0.39 is 0 Å². The summed E-state index contributed by atoms with van der Waals surface area (Å²) in [6.45, 7) is 1.69. The highest BCUT2D eigenvalue weighted by Gasteiger charge is 2.25. The number of rotatable bonds is 6. The van der Waals surface area contributed by atoms with Crippen LogP contribution in [0.2, 0.25) is 0 Å². The fourth-order valence-electron chi connectivity index (χ4n) is 4.26. The molecule has 1 N–H and O–H groups in total. The van der Waals surface area contributed by atoms with E-state index in [1.54, 1.807) is 11.8 Å². The highest BCUT2D eigenvalue weighted by Crippen LogP contribution is 2.30. The molecule has 1 fully saturated rings. The molecule has 31 heavy (non-hydrogen) atoms. The van der Waals surface area contributed by atoms with Crippen LogP contribution in [0.3, 0.4) is 0 Å². The number of piperidine rings is 1. The minimum Gasteiger partial charge on any atom is -0.338 e. The van der Waals surface area contributed by atoms with Crippen molar-refractivity contribution in [3.05, 3.63) is 76.9 Å². The van der Waals surface area contributed by atoms with Gasteiger partial charge in [-0.05, 0) is 65.3 Å². The lowest BCUT2D eigenvalue weighted by molar-refractivity contribution is 0.0673. The molecule has 5 rings (SSSR count). The highest BCUT2D eigenvalue weighted by atomic mass is 32.2. The molecule has 1 atom stereocenters. The topological polar surface area (TPSA) is 61.9 Å². The van der Waals surface area contributed by atoms with Gasteiger partial charge in [0.2, 0.25) is 0 Å². The van der Waals surface area contributed by atoms with Crippen molar-refractivity contribution in [2.24, 2.45) is 5.92 Å². The Hall–Kier alpha value is -2.64. The number of benzene rings is 2. The van der Waals surface area contributed by atoms with Gasteiger partial charge in [0, 0.05) is 29.1 Å². The van der Waals surface area contributed by atoms with Crippen molar-refractivity contribution in [3.8, 4) is 0 Å². The molecule has 158 valence electrons. The van der Waals surface area contributed by atoms with Crippen LogP contribution in [-0.4, -0.2) is 39.1 Å². The molecule has 4 aromatic rings. The van der Waals surface area contributed by atoms with Crippen molar-refractivity contribution in [3.63, 3.8) is 0 Å². The zero-order valence-corrected chi connectivity index (χ0v) is 18.8. The number of hydrogen-bond donors (Lipinski definition) is 1. The van der Waals surface area contributed by atoms with Crippen LogP contribution in [0.15, 0.2) is 65.4 Å². The first-order valence-corrected chi connectivity index (χ1v) is 12.4. The van der Waals surface area contributed by atoms with Crippen LogP contribution in [0.4, 0.5) is 0 Å². The fraction of sp³-hybridized carbons (Fsp3) is 0.292. The summed E-state index contributed by atoms with van der Waals surface area (Å²) in [7, 11) is 0. The number of nitrogens with zero attached hydrogens (tertiary/aromatic N) is 3. The molecule has 0 saturated carbocycles. The van der Waals surface area contributed by atoms with Crippen molar-refractivity contribution in [1.29, 1.82) is 0 Å². The molecule has 1 saturated heterocycles. The zero-order valence-electron chi connectivity index (χ0n) is 17.2. The lowest BCUT2D eigenvalue weighted by Gasteiger charge is -2.33. The number of likely N-dealkylation sites (tertiary alicyclic amines) is 1. The number of aromatic amines is 1. The molecular formula is C24H24N4OS2. The summed E-state index contributed by atoms with van der Waals surface area (Å²) in [5.41, 5.74) is 3.36. The number of hydrogen-bond acceptors (Lipinski definition) is 5. The van der Waals surface area contributed by atoms with Gasteiger partial charge in [-0.3, -0.25) is 9.89 Å². The Morgan fingerprint density at radius 3 is 2.90 bits per heavy atom. The Labute approximate surface area is 189 Å². The molecule has 1 amide bonds. The SMILES string of the molecule is O=C(c1ccc(CSc2ncn[nH]2)cc1)N1CCC[C@H](Cc2csc3ccccc23)C1. The van der Waals surface area contributed by atoms with Crippen molar-refractivity contribution >= 4 is 39.1 Å². The minimum absolute atomic E-state index is 0.148. The lowest BCUT2D eigenvalue weighted by Crippen LogP contribution is -2.40. The maximum atomic E-state index is 13.1. The van der Waals surface area contributed by atoms with Crippen molar-refractivity contribution in [2.45, 2.75) is 30.2 Å². The van der Waals surface area contributed by atoms with E-state index >= 15 is 0 Å². The first kappa shape index (κ1) is 20.3. The molecule has 0 spiro atoms. The van der Waals surface area contributed by atoms with E-state index in [-0.39, 0.29) is 5.91 Å². The van der Waals surface area contributed by atoms with Crippen LogP contribution in [0.1, 0.15) is 34.3 Å². The van der Waals surface area contributed by atoms with Gasteiger partial charge in [0.15, 0.2) is 5.16 Å². The number of amides is 1. The third kappa shape index (κ3) is 4.67. The van der Waals surface area contributed by atoms with Gasteiger partial charge in [0.25, 0.3) is 5.91 Å². The standard InChI is InChI=1S/C24H24N4OS2/c29-23(19-9-7-17(8-10-19)14-31-24-25-16-26-27-24)28-11-3-4-18(13-28)12-20-15-30-22-6-2-1-5-21(20)22/h1-2,5-10,15-16,18H,3-4,11-14H2,(H,25,26,27)/t18-/m1/s1. The van der Waals surface area contributed by atoms with E-state index in [1.807, 2.05) is 40.5 Å². The summed E-state index contributed by atoms with van der Waals surface area (Å²) in [6.07, 6.45) is 4.82. The van der Waals surface area contributed by atoms with E-state index in [4.69, 9.17) is 0 Å². The average molecular weight is 449 g/mol. The molecule has 0 radical (unpaired) electrons. The van der Waals surface area contributed by atoms with Gasteiger partial charge in [0.1, 0.15) is 6.33 Å². The van der Waals surface area contributed by atoms with Gasteiger partial charge >= 0.3 is 0 Å². The maximum absolute atomic E-state index is 13.1. The van der Waals surface area contributed by atoms with Crippen LogP contribution in [0, 0.1) is 5.92 Å². The molecule has 5 nitrogen and oxygen atoms in total. The van der Waals surface area contributed by atoms with E-state index in [0.717, 1.165) is 42.4 Å². The number of fused-ring (bicyclic) bond motifs is 1. The van der Waals surface area contributed by atoms with Crippen molar-refractivity contribution in [1.82, 2.24) is 20.1 Å². The van der Waals surface area contributed by atoms with Crippen LogP contribution < -0.4 is 0 Å². The van der Waals surface area contributed by atoms with Crippen LogP contribution in [0.25, 0.3) is 10.1 Å². The summed E-state index contributed by atoms with van der Waals surface area (Å²) in [5, 5.41) is 11.2. The summed E-state index contributed by atoms with van der Waals surface area (Å²) < 4.78 is 1.35. The molecule has 0 aliphatic carbocycles. The van der Waals surface area contributed by atoms with Gasteiger partial charge in [-0.1, -0.05) is 42.1 Å². The Kier molecular flexibility index (Phi) is 6.04. The normalized spacial score (nSPS) is 16.6. The Morgan fingerprint density at radius 2 is 2.06 bits per heavy atom. The summed E-state index contributed by atoms with van der Waals surface area (Å²) in [5.74, 6) is 1.46. The molecule has 1 aliphatic heterocycles. The second kappa shape index (κ2) is 9.24. The number of aromatic nitrogens is 3. The van der Waals surface area contributed by atoms with Crippen LogP contribution in [0.5, 0.6) is 0 Å². The predicted molar refractivity (Wildman–Crippen MR) is 127 cm³/mol. The maximum Gasteiger partial charge on any atom is 0.253 e. The summed E-state index contributed by atoms with van der Waals surface area (Å²) >= 11 is 3.42. The van der Waals surface area contributed by atoms with Gasteiger partial charge in [-0.2, -0.15) is 5.10 Å². The molecular weight excluding hydrogens is 424 g/mol. The molecule has 1 aliphatic rings. The van der Waals surface area contributed by atoms with Gasteiger partial charge in [-0.15, -0.1) is 11.3 Å². The summed E-state index contributed by atoms with van der Waals surface area (Å²) in [6, 6.07) is 16.6. The predicted octanol–water partition coefficient (Wildman–Crippen LogP) is 5.41. The second-order valence-electron chi connectivity index (χ2n) is 8.00. The number of nitrogens with one attached hydrogen (secondary N) is 1. The number of thioether (sulfide) groups is 1. The number of thiophene rings is 1. The largest absolute Gasteiger partial charge is 0.338 e. The molecule has 7 heteroatoms. The molecule has 3 heterocycles. The smallest absolute Gasteiger partial charge is 0.253 e. The lowest BCUT2D eigenvalue weighted by atomic mass is 9.91. The molecule has 2 aromatic heterocycles. The van der Waals surface area contributed by atoms with Gasteiger partial charge < -0.3 is 4.90 Å². The number of H-pyrrole nitrogens is 1. The summed E-state index contributed by atoms with van der Waals surface area (Å²) in [4.78, 5) is 19.3. The number of carbonyl (C=O) groups excluding carboxylic acids is 1. The number of carbonyl (C=O) groups is 1. The van der Waals surface area contributed by atoms with E-state index in [1.165, 1.54) is 34.0 Å². The van der Waals surface area contributed by atoms with Gasteiger partial charge in [0.05, 0.1) is 0 Å². The highest BCUT2D eigenvalue weighted by molar-refractivity contribution is 7.98. The van der Waals surface area contributed by atoms with E-state index in [0.29, 0.717) is 5.92 Å². The quantitative estimate of drug-likeness (QED) is 0.401. The molecule has 0 bridgehead atoms. The third-order valence-electron chi connectivity index (χ3n) is 5.85. The van der Waals surface area contributed by atoms with Crippen molar-refractivity contribution in [2.75, 3.05) is 13.1 Å².